The molecule has 0 fully saturated rings. The molecule has 3 nitrogen and oxygen atoms in total. The largest absolute Gasteiger partial charge is 0.467 e. The van der Waals surface area contributed by atoms with Crippen molar-refractivity contribution >= 4 is 0 Å². The van der Waals surface area contributed by atoms with E-state index in [2.05, 4.69) is 0 Å². The number of benzene rings is 1. The quantitative estimate of drug-likeness (QED) is 0.718. The van der Waals surface area contributed by atoms with Gasteiger partial charge in [-0.15, -0.1) is 0 Å². The van der Waals surface area contributed by atoms with Gasteiger partial charge in [0, 0.05) is 19.2 Å². The van der Waals surface area contributed by atoms with Crippen LogP contribution in [-0.4, -0.2) is 13.9 Å². The standard InChI is InChI=1S/C9H12FNO2/c1-12-6-13-9-3-2-8(10)4-7(9)5-11/h2-4H,5-6,11H2,1H3. The summed E-state index contributed by atoms with van der Waals surface area (Å²) in [5, 5.41) is 0. The third-order valence-electron chi connectivity index (χ3n) is 1.57. The fourth-order valence-corrected chi connectivity index (χ4v) is 0.971. The first-order valence-electron chi connectivity index (χ1n) is 3.88. The van der Waals surface area contributed by atoms with Gasteiger partial charge in [0.15, 0.2) is 6.79 Å². The Bertz CT molecular complexity index is 278. The minimum absolute atomic E-state index is 0.138. The molecule has 1 aromatic rings. The first kappa shape index (κ1) is 9.95. The van der Waals surface area contributed by atoms with Crippen molar-refractivity contribution in [1.82, 2.24) is 0 Å². The Balaban J connectivity index is 2.79. The van der Waals surface area contributed by atoms with Gasteiger partial charge in [0.1, 0.15) is 11.6 Å². The third-order valence-corrected chi connectivity index (χ3v) is 1.57. The van der Waals surface area contributed by atoms with E-state index in [1.807, 2.05) is 0 Å². The Labute approximate surface area is 76.3 Å². The summed E-state index contributed by atoms with van der Waals surface area (Å²) in [4.78, 5) is 0. The molecule has 0 spiro atoms. The van der Waals surface area contributed by atoms with Gasteiger partial charge < -0.3 is 15.2 Å². The van der Waals surface area contributed by atoms with Crippen molar-refractivity contribution in [1.29, 1.82) is 0 Å². The maximum absolute atomic E-state index is 12.7. The highest BCUT2D eigenvalue weighted by molar-refractivity contribution is 5.33. The van der Waals surface area contributed by atoms with Crippen LogP contribution in [0.1, 0.15) is 5.56 Å². The molecule has 0 aliphatic heterocycles. The predicted molar refractivity (Wildman–Crippen MR) is 46.8 cm³/mol. The van der Waals surface area contributed by atoms with Crippen LogP contribution in [0.2, 0.25) is 0 Å². The first-order chi connectivity index (χ1) is 6.27. The maximum Gasteiger partial charge on any atom is 0.188 e. The molecule has 1 aromatic carbocycles. The Morgan fingerprint density at radius 1 is 1.46 bits per heavy atom. The number of rotatable bonds is 4. The summed E-state index contributed by atoms with van der Waals surface area (Å²) in [6.45, 7) is 0.384. The lowest BCUT2D eigenvalue weighted by Crippen LogP contribution is -2.05. The summed E-state index contributed by atoms with van der Waals surface area (Å²) in [5.41, 5.74) is 6.04. The molecule has 72 valence electrons. The lowest BCUT2D eigenvalue weighted by atomic mass is 10.2. The Hall–Kier alpha value is -1.13. The molecule has 0 radical (unpaired) electrons. The summed E-state index contributed by atoms with van der Waals surface area (Å²) in [6.07, 6.45) is 0. The number of methoxy groups -OCH3 is 1. The lowest BCUT2D eigenvalue weighted by Gasteiger charge is -2.08. The van der Waals surface area contributed by atoms with Crippen molar-refractivity contribution in [3.05, 3.63) is 29.6 Å². The van der Waals surface area contributed by atoms with Crippen LogP contribution in [0.3, 0.4) is 0 Å². The van der Waals surface area contributed by atoms with Gasteiger partial charge in [-0.1, -0.05) is 0 Å². The molecule has 0 aliphatic rings. The van der Waals surface area contributed by atoms with Crippen molar-refractivity contribution in [2.75, 3.05) is 13.9 Å². The zero-order valence-electron chi connectivity index (χ0n) is 7.42. The molecule has 0 atom stereocenters. The molecule has 0 bridgehead atoms. The monoisotopic (exact) mass is 185 g/mol. The number of nitrogens with two attached hydrogens (primary N) is 1. The van der Waals surface area contributed by atoms with E-state index in [-0.39, 0.29) is 19.2 Å². The maximum atomic E-state index is 12.7. The lowest BCUT2D eigenvalue weighted by molar-refractivity contribution is 0.0504. The Morgan fingerprint density at radius 3 is 2.85 bits per heavy atom. The summed E-state index contributed by atoms with van der Waals surface area (Å²) in [6, 6.07) is 4.21. The van der Waals surface area contributed by atoms with E-state index in [1.165, 1.54) is 25.3 Å². The fraction of sp³-hybridized carbons (Fsp3) is 0.333. The summed E-state index contributed by atoms with van der Waals surface area (Å²) >= 11 is 0. The Morgan fingerprint density at radius 2 is 2.23 bits per heavy atom. The second-order valence-corrected chi connectivity index (χ2v) is 2.51. The van der Waals surface area contributed by atoms with Crippen LogP contribution in [0.5, 0.6) is 5.75 Å². The molecule has 0 saturated carbocycles. The van der Waals surface area contributed by atoms with Crippen molar-refractivity contribution in [3.63, 3.8) is 0 Å². The number of halogens is 1. The molecule has 0 heterocycles. The highest BCUT2D eigenvalue weighted by atomic mass is 19.1. The highest BCUT2D eigenvalue weighted by Crippen LogP contribution is 2.18. The highest BCUT2D eigenvalue weighted by Gasteiger charge is 2.02. The van der Waals surface area contributed by atoms with Crippen LogP contribution < -0.4 is 10.5 Å². The van der Waals surface area contributed by atoms with E-state index >= 15 is 0 Å². The molecule has 1 rings (SSSR count). The van der Waals surface area contributed by atoms with E-state index < -0.39 is 0 Å². The van der Waals surface area contributed by atoms with Crippen molar-refractivity contribution < 1.29 is 13.9 Å². The van der Waals surface area contributed by atoms with E-state index in [9.17, 15) is 4.39 Å². The first-order valence-corrected chi connectivity index (χ1v) is 3.88. The normalized spacial score (nSPS) is 10.1. The molecule has 4 heteroatoms. The van der Waals surface area contributed by atoms with E-state index in [4.69, 9.17) is 15.2 Å². The SMILES string of the molecule is COCOc1ccc(F)cc1CN. The van der Waals surface area contributed by atoms with Gasteiger partial charge in [0.25, 0.3) is 0 Å². The van der Waals surface area contributed by atoms with Crippen molar-refractivity contribution in [3.8, 4) is 5.75 Å². The van der Waals surface area contributed by atoms with Crippen molar-refractivity contribution in [2.45, 2.75) is 6.54 Å². The van der Waals surface area contributed by atoms with Gasteiger partial charge in [-0.25, -0.2) is 4.39 Å². The van der Waals surface area contributed by atoms with Crippen LogP contribution in [0.25, 0.3) is 0 Å². The molecule has 0 saturated heterocycles. The van der Waals surface area contributed by atoms with Gasteiger partial charge in [-0.2, -0.15) is 0 Å². The van der Waals surface area contributed by atoms with Gasteiger partial charge in [0.05, 0.1) is 0 Å². The second-order valence-electron chi connectivity index (χ2n) is 2.51. The van der Waals surface area contributed by atoms with Crippen molar-refractivity contribution in [2.24, 2.45) is 5.73 Å². The van der Waals surface area contributed by atoms with E-state index in [0.29, 0.717) is 11.3 Å². The molecular weight excluding hydrogens is 173 g/mol. The van der Waals surface area contributed by atoms with Gasteiger partial charge in [-0.3, -0.25) is 0 Å². The third kappa shape index (κ3) is 2.68. The minimum atomic E-state index is -0.315. The summed E-state index contributed by atoms with van der Waals surface area (Å²) in [7, 11) is 1.52. The fourth-order valence-electron chi connectivity index (χ4n) is 0.971. The summed E-state index contributed by atoms with van der Waals surface area (Å²) in [5.74, 6) is 0.246. The number of hydrogen-bond acceptors (Lipinski definition) is 3. The number of hydrogen-bond donors (Lipinski definition) is 1. The van der Waals surface area contributed by atoms with Crippen LogP contribution in [0.15, 0.2) is 18.2 Å². The smallest absolute Gasteiger partial charge is 0.188 e. The molecule has 2 N–H and O–H groups in total. The van der Waals surface area contributed by atoms with Crippen LogP contribution in [0.4, 0.5) is 4.39 Å². The van der Waals surface area contributed by atoms with Gasteiger partial charge in [-0.05, 0) is 18.2 Å². The molecule has 0 unspecified atom stereocenters. The predicted octanol–water partition coefficient (Wildman–Crippen LogP) is 1.27. The minimum Gasteiger partial charge on any atom is -0.467 e. The second kappa shape index (κ2) is 4.79. The van der Waals surface area contributed by atoms with Gasteiger partial charge >= 0.3 is 0 Å². The van der Waals surface area contributed by atoms with Crippen LogP contribution in [-0.2, 0) is 11.3 Å². The Kier molecular flexibility index (Phi) is 3.67. The zero-order chi connectivity index (χ0) is 9.68. The molecule has 0 amide bonds. The van der Waals surface area contributed by atoms with Crippen LogP contribution >= 0.6 is 0 Å². The van der Waals surface area contributed by atoms with Gasteiger partial charge in [0.2, 0.25) is 0 Å². The zero-order valence-corrected chi connectivity index (χ0v) is 7.42. The molecular formula is C9H12FNO2. The molecule has 0 aliphatic carbocycles. The van der Waals surface area contributed by atoms with E-state index in [0.717, 1.165) is 0 Å². The molecule has 13 heavy (non-hydrogen) atoms. The molecule has 0 aromatic heterocycles. The topological polar surface area (TPSA) is 44.5 Å². The van der Waals surface area contributed by atoms with Crippen LogP contribution in [0, 0.1) is 5.82 Å². The number of ether oxygens (including phenoxy) is 2. The van der Waals surface area contributed by atoms with E-state index in [1.54, 1.807) is 0 Å². The average molecular weight is 185 g/mol. The average Bonchev–Trinajstić information content (AvgIpc) is 2.16. The summed E-state index contributed by atoms with van der Waals surface area (Å²) < 4.78 is 22.6.